The number of nitrogens with zero attached hydrogens (tertiary/aromatic N) is 2. The molecule has 66 heavy (non-hydrogen) atoms. The van der Waals surface area contributed by atoms with Gasteiger partial charge in [-0.1, -0.05) is 167 Å². The number of anilines is 3. The van der Waals surface area contributed by atoms with Gasteiger partial charge in [0.1, 0.15) is 0 Å². The van der Waals surface area contributed by atoms with Crippen molar-refractivity contribution in [2.75, 3.05) is 4.90 Å². The van der Waals surface area contributed by atoms with Crippen molar-refractivity contribution >= 4 is 38.9 Å². The Kier molecular flexibility index (Phi) is 9.48. The summed E-state index contributed by atoms with van der Waals surface area (Å²) in [6.45, 7) is 4.95. The monoisotopic (exact) mass is 854 g/mol. The molecule has 0 aliphatic heterocycles. The van der Waals surface area contributed by atoms with E-state index in [4.69, 9.17) is 0 Å². The van der Waals surface area contributed by atoms with E-state index in [1.165, 1.54) is 158 Å². The lowest BCUT2D eigenvalue weighted by atomic mass is 9.80. The molecule has 8 aromatic carbocycles. The second kappa shape index (κ2) is 15.8. The molecule has 0 amide bonds. The van der Waals surface area contributed by atoms with E-state index in [1.807, 2.05) is 0 Å². The van der Waals surface area contributed by atoms with Crippen LogP contribution in [0.2, 0.25) is 0 Å². The molecule has 4 aliphatic carbocycles. The zero-order chi connectivity index (χ0) is 43.9. The molecule has 3 fully saturated rings. The normalized spacial score (nSPS) is 19.6. The van der Waals surface area contributed by atoms with Gasteiger partial charge in [0.2, 0.25) is 0 Å². The summed E-state index contributed by atoms with van der Waals surface area (Å²) in [5.74, 6) is 3.14. The Bertz CT molecular complexity index is 3240. The SMILES string of the molecule is CC1(C)c2cc(N(c3ccc(C4CCCCC4)cc3)c3ccc(C4CC5CCC4C5)cc3)c(-c3ccccc3)cc2-c2ccc3c4c(-c5ccccc5)cccc4n(-c4ccccc4)c3c21. The van der Waals surface area contributed by atoms with Crippen molar-refractivity contribution in [2.45, 2.75) is 88.9 Å². The Morgan fingerprint density at radius 3 is 1.82 bits per heavy atom. The zero-order valence-corrected chi connectivity index (χ0v) is 38.4. The fraction of sp³-hybridized carbons (Fsp3) is 0.250. The molecule has 9 aromatic rings. The minimum Gasteiger partial charge on any atom is -0.310 e. The largest absolute Gasteiger partial charge is 0.310 e. The van der Waals surface area contributed by atoms with E-state index in [0.29, 0.717) is 11.8 Å². The van der Waals surface area contributed by atoms with E-state index in [2.05, 4.69) is 205 Å². The van der Waals surface area contributed by atoms with Crippen LogP contribution in [0.3, 0.4) is 0 Å². The summed E-state index contributed by atoms with van der Waals surface area (Å²) >= 11 is 0. The van der Waals surface area contributed by atoms with Crippen molar-refractivity contribution in [2.24, 2.45) is 11.8 Å². The number of rotatable bonds is 8. The molecule has 2 bridgehead atoms. The number of hydrogen-bond acceptors (Lipinski definition) is 1. The Hall–Kier alpha value is -6.64. The third-order valence-corrected chi connectivity index (χ3v) is 16.6. The van der Waals surface area contributed by atoms with Crippen molar-refractivity contribution in [1.82, 2.24) is 4.57 Å². The second-order valence-corrected chi connectivity index (χ2v) is 20.7. The summed E-state index contributed by atoms with van der Waals surface area (Å²) in [5.41, 5.74) is 20.5. The van der Waals surface area contributed by atoms with Gasteiger partial charge in [0.15, 0.2) is 0 Å². The van der Waals surface area contributed by atoms with Gasteiger partial charge >= 0.3 is 0 Å². The number of fused-ring (bicyclic) bond motifs is 9. The van der Waals surface area contributed by atoms with E-state index in [9.17, 15) is 0 Å². The van der Waals surface area contributed by atoms with Crippen molar-refractivity contribution in [3.8, 4) is 39.1 Å². The first-order valence-electron chi connectivity index (χ1n) is 25.0. The highest BCUT2D eigenvalue weighted by Crippen LogP contribution is 2.58. The second-order valence-electron chi connectivity index (χ2n) is 20.7. The van der Waals surface area contributed by atoms with Crippen LogP contribution in [0.1, 0.15) is 106 Å². The van der Waals surface area contributed by atoms with E-state index in [1.54, 1.807) is 0 Å². The molecule has 13 rings (SSSR count). The van der Waals surface area contributed by atoms with Crippen LogP contribution in [0.25, 0.3) is 60.9 Å². The van der Waals surface area contributed by atoms with Crippen LogP contribution >= 0.6 is 0 Å². The average molecular weight is 855 g/mol. The standard InChI is InChI=1S/C64H58N2/c1-64(2)58-41-60(65(50-32-28-44(29-33-50)43-16-7-3-8-17-43)51-34-30-47(31-35-51)55-39-42-26-27-48(55)38-42)56(46-20-11-5-12-21-46)40-57(58)53-36-37-54-61-52(45-18-9-4-10-19-45)24-15-25-59(61)66(63(54)62(53)64)49-22-13-6-14-23-49/h4-6,9-15,18-25,28-37,40-43,48,55H,3,7-8,16-17,26-27,38-39H2,1-2H3. The van der Waals surface area contributed by atoms with Gasteiger partial charge in [-0.3, -0.25) is 0 Å². The lowest BCUT2D eigenvalue weighted by Crippen LogP contribution is -2.18. The van der Waals surface area contributed by atoms with Crippen LogP contribution in [0.5, 0.6) is 0 Å². The van der Waals surface area contributed by atoms with Gasteiger partial charge in [-0.2, -0.15) is 0 Å². The van der Waals surface area contributed by atoms with Crippen LogP contribution < -0.4 is 4.90 Å². The lowest BCUT2D eigenvalue weighted by Gasteiger charge is -2.31. The summed E-state index contributed by atoms with van der Waals surface area (Å²) in [6.07, 6.45) is 12.3. The van der Waals surface area contributed by atoms with Crippen LogP contribution in [-0.2, 0) is 5.41 Å². The Balaban J connectivity index is 1.03. The van der Waals surface area contributed by atoms with E-state index < -0.39 is 0 Å². The van der Waals surface area contributed by atoms with Gasteiger partial charge in [-0.15, -0.1) is 0 Å². The summed E-state index contributed by atoms with van der Waals surface area (Å²) in [6, 6.07) is 69.5. The van der Waals surface area contributed by atoms with Crippen molar-refractivity contribution < 1.29 is 0 Å². The Morgan fingerprint density at radius 2 is 1.17 bits per heavy atom. The number of aromatic nitrogens is 1. The highest BCUT2D eigenvalue weighted by molar-refractivity contribution is 6.18. The number of hydrogen-bond donors (Lipinski definition) is 0. The molecule has 3 atom stereocenters. The molecule has 324 valence electrons. The maximum Gasteiger partial charge on any atom is 0.0588 e. The topological polar surface area (TPSA) is 8.17 Å². The Labute approximate surface area is 390 Å². The minimum atomic E-state index is -0.315. The molecule has 0 radical (unpaired) electrons. The smallest absolute Gasteiger partial charge is 0.0588 e. The maximum absolute atomic E-state index is 2.58. The third kappa shape index (κ3) is 6.35. The molecule has 2 heteroatoms. The predicted molar refractivity (Wildman–Crippen MR) is 278 cm³/mol. The van der Waals surface area contributed by atoms with E-state index >= 15 is 0 Å². The molecule has 3 unspecified atom stereocenters. The highest BCUT2D eigenvalue weighted by Gasteiger charge is 2.42. The molecule has 1 heterocycles. The quantitative estimate of drug-likeness (QED) is 0.148. The van der Waals surface area contributed by atoms with Gasteiger partial charge in [0.25, 0.3) is 0 Å². The van der Waals surface area contributed by atoms with Crippen LogP contribution in [0.15, 0.2) is 182 Å². The third-order valence-electron chi connectivity index (χ3n) is 16.6. The zero-order valence-electron chi connectivity index (χ0n) is 38.4. The van der Waals surface area contributed by atoms with E-state index in [0.717, 1.165) is 11.8 Å². The fourth-order valence-corrected chi connectivity index (χ4v) is 13.5. The number of para-hydroxylation sites is 1. The van der Waals surface area contributed by atoms with Crippen LogP contribution in [0, 0.1) is 11.8 Å². The molecular weight excluding hydrogens is 797 g/mol. The predicted octanol–water partition coefficient (Wildman–Crippen LogP) is 17.8. The molecular formula is C64H58N2. The first-order valence-corrected chi connectivity index (χ1v) is 25.0. The number of benzene rings is 8. The van der Waals surface area contributed by atoms with E-state index in [-0.39, 0.29) is 5.41 Å². The van der Waals surface area contributed by atoms with Gasteiger partial charge < -0.3 is 9.47 Å². The first kappa shape index (κ1) is 39.7. The summed E-state index contributed by atoms with van der Waals surface area (Å²) in [7, 11) is 0. The van der Waals surface area contributed by atoms with Gasteiger partial charge in [-0.05, 0) is 160 Å². The Morgan fingerprint density at radius 1 is 0.515 bits per heavy atom. The summed E-state index contributed by atoms with van der Waals surface area (Å²) in [4.78, 5) is 2.58. The molecule has 0 saturated heterocycles. The average Bonchev–Trinajstić information content (AvgIpc) is 4.15. The lowest BCUT2D eigenvalue weighted by molar-refractivity contribution is 0.420. The summed E-state index contributed by atoms with van der Waals surface area (Å²) < 4.78 is 2.56. The minimum absolute atomic E-state index is 0.315. The molecule has 0 spiro atoms. The van der Waals surface area contributed by atoms with Crippen molar-refractivity contribution in [3.63, 3.8) is 0 Å². The van der Waals surface area contributed by atoms with Gasteiger partial charge in [0, 0.05) is 38.8 Å². The van der Waals surface area contributed by atoms with Gasteiger partial charge in [-0.25, -0.2) is 0 Å². The molecule has 3 saturated carbocycles. The summed E-state index contributed by atoms with van der Waals surface area (Å²) in [5, 5.41) is 2.60. The first-order chi connectivity index (χ1) is 32.5. The molecule has 4 aliphatic rings. The maximum atomic E-state index is 2.58. The molecule has 1 aromatic heterocycles. The van der Waals surface area contributed by atoms with Crippen molar-refractivity contribution in [1.29, 1.82) is 0 Å². The van der Waals surface area contributed by atoms with Crippen LogP contribution in [-0.4, -0.2) is 4.57 Å². The van der Waals surface area contributed by atoms with Crippen LogP contribution in [0.4, 0.5) is 17.1 Å². The fourth-order valence-electron chi connectivity index (χ4n) is 13.5. The molecule has 2 nitrogen and oxygen atoms in total. The van der Waals surface area contributed by atoms with Gasteiger partial charge in [0.05, 0.1) is 16.7 Å². The highest BCUT2D eigenvalue weighted by atomic mass is 15.1. The molecule has 0 N–H and O–H groups in total. The van der Waals surface area contributed by atoms with Crippen molar-refractivity contribution in [3.05, 3.63) is 204 Å².